The maximum Gasteiger partial charge on any atom is 0.137 e. The Labute approximate surface area is 120 Å². The van der Waals surface area contributed by atoms with Crippen LogP contribution in [0.3, 0.4) is 0 Å². The predicted octanol–water partition coefficient (Wildman–Crippen LogP) is 0.975. The summed E-state index contributed by atoms with van der Waals surface area (Å²) >= 11 is 0. The lowest BCUT2D eigenvalue weighted by atomic mass is 10.2. The Kier molecular flexibility index (Phi) is 4.77. The molecule has 0 amide bonds. The highest BCUT2D eigenvalue weighted by molar-refractivity contribution is 5.58. The number of anilines is 2. The Morgan fingerprint density at radius 3 is 2.75 bits per heavy atom. The van der Waals surface area contributed by atoms with E-state index in [2.05, 4.69) is 20.2 Å². The number of aliphatic hydroxyl groups excluding tert-OH is 1. The van der Waals surface area contributed by atoms with E-state index in [1.807, 2.05) is 27.8 Å². The lowest BCUT2D eigenvalue weighted by Gasteiger charge is -2.37. The Morgan fingerprint density at radius 2 is 2.15 bits per heavy atom. The number of aromatic nitrogens is 2. The third-order valence-corrected chi connectivity index (χ3v) is 3.55. The van der Waals surface area contributed by atoms with Crippen LogP contribution >= 0.6 is 0 Å². The third kappa shape index (κ3) is 3.02. The van der Waals surface area contributed by atoms with E-state index in [9.17, 15) is 5.11 Å². The summed E-state index contributed by atoms with van der Waals surface area (Å²) in [5, 5.41) is 12.5. The smallest absolute Gasteiger partial charge is 0.137 e. The van der Waals surface area contributed by atoms with Gasteiger partial charge in [-0.1, -0.05) is 6.92 Å². The van der Waals surface area contributed by atoms with Crippen molar-refractivity contribution in [3.63, 3.8) is 0 Å². The maximum atomic E-state index is 9.35. The molecule has 1 saturated heterocycles. The first-order valence-electron chi connectivity index (χ1n) is 7.15. The largest absolute Gasteiger partial charge is 0.394 e. The van der Waals surface area contributed by atoms with Gasteiger partial charge in [0.05, 0.1) is 18.8 Å². The van der Waals surface area contributed by atoms with Crippen LogP contribution in [0, 0.1) is 6.92 Å². The number of aliphatic hydroxyl groups is 1. The Morgan fingerprint density at radius 1 is 1.40 bits per heavy atom. The molecule has 2 unspecified atom stereocenters. The molecule has 112 valence electrons. The van der Waals surface area contributed by atoms with Crippen LogP contribution in [0.1, 0.15) is 25.2 Å². The van der Waals surface area contributed by atoms with Gasteiger partial charge in [0.15, 0.2) is 0 Å². The van der Waals surface area contributed by atoms with Gasteiger partial charge in [-0.05, 0) is 13.8 Å². The van der Waals surface area contributed by atoms with E-state index >= 15 is 0 Å². The highest BCUT2D eigenvalue weighted by atomic mass is 16.5. The van der Waals surface area contributed by atoms with Gasteiger partial charge in [0.25, 0.3) is 0 Å². The summed E-state index contributed by atoms with van der Waals surface area (Å²) in [6.07, 6.45) is 0.722. The fourth-order valence-corrected chi connectivity index (χ4v) is 2.58. The second-order valence-corrected chi connectivity index (χ2v) is 5.20. The molecule has 2 heterocycles. The van der Waals surface area contributed by atoms with Crippen LogP contribution in [0.5, 0.6) is 0 Å². The molecule has 2 atom stereocenters. The van der Waals surface area contributed by atoms with Crippen LogP contribution in [0.15, 0.2) is 0 Å². The van der Waals surface area contributed by atoms with Crippen molar-refractivity contribution in [3.05, 3.63) is 11.4 Å². The van der Waals surface area contributed by atoms with Crippen LogP contribution in [-0.2, 0) is 11.2 Å². The summed E-state index contributed by atoms with van der Waals surface area (Å²) in [7, 11) is 1.87. The average Bonchev–Trinajstić information content (AvgIpc) is 2.46. The summed E-state index contributed by atoms with van der Waals surface area (Å²) in [5.74, 6) is 2.64. The highest BCUT2D eigenvalue weighted by Crippen LogP contribution is 2.26. The highest BCUT2D eigenvalue weighted by Gasteiger charge is 2.27. The maximum absolute atomic E-state index is 9.35. The molecule has 6 heteroatoms. The van der Waals surface area contributed by atoms with Gasteiger partial charge in [-0.2, -0.15) is 0 Å². The number of hydrogen-bond acceptors (Lipinski definition) is 6. The van der Waals surface area contributed by atoms with E-state index in [1.54, 1.807) is 0 Å². The number of nitrogens with zero attached hydrogens (tertiary/aromatic N) is 3. The SMILES string of the molecule is CCc1nc(NC)c(C)c(N2CC(C)OC(CO)C2)n1. The average molecular weight is 280 g/mol. The molecule has 0 aliphatic carbocycles. The second kappa shape index (κ2) is 6.37. The van der Waals surface area contributed by atoms with Crippen molar-refractivity contribution in [1.82, 2.24) is 9.97 Å². The van der Waals surface area contributed by atoms with Crippen molar-refractivity contribution in [3.8, 4) is 0 Å². The number of nitrogens with one attached hydrogen (secondary N) is 1. The zero-order valence-corrected chi connectivity index (χ0v) is 12.7. The third-order valence-electron chi connectivity index (χ3n) is 3.55. The standard InChI is InChI=1S/C14H24N4O2/c1-5-12-16-13(15-4)10(3)14(17-12)18-6-9(2)20-11(7-18)8-19/h9,11,19H,5-8H2,1-4H3,(H,15,16,17). The van der Waals surface area contributed by atoms with Gasteiger partial charge in [0.1, 0.15) is 17.5 Å². The van der Waals surface area contributed by atoms with Crippen molar-refractivity contribution in [2.75, 3.05) is 37.0 Å². The molecule has 0 radical (unpaired) electrons. The fraction of sp³-hybridized carbons (Fsp3) is 0.714. The number of rotatable bonds is 4. The van der Waals surface area contributed by atoms with Gasteiger partial charge in [0, 0.05) is 32.1 Å². The van der Waals surface area contributed by atoms with Gasteiger partial charge in [0.2, 0.25) is 0 Å². The molecule has 1 aromatic heterocycles. The Balaban J connectivity index is 2.35. The molecular formula is C14H24N4O2. The lowest BCUT2D eigenvalue weighted by molar-refractivity contribution is -0.0423. The van der Waals surface area contributed by atoms with Gasteiger partial charge in [-0.3, -0.25) is 0 Å². The van der Waals surface area contributed by atoms with Crippen LogP contribution in [0.25, 0.3) is 0 Å². The molecule has 0 saturated carbocycles. The first-order valence-corrected chi connectivity index (χ1v) is 7.15. The summed E-state index contributed by atoms with van der Waals surface area (Å²) in [6.45, 7) is 7.56. The quantitative estimate of drug-likeness (QED) is 0.856. The van der Waals surface area contributed by atoms with E-state index in [0.717, 1.165) is 36.0 Å². The second-order valence-electron chi connectivity index (χ2n) is 5.20. The molecule has 1 fully saturated rings. The Bertz CT molecular complexity index is 467. The molecule has 2 rings (SSSR count). The van der Waals surface area contributed by atoms with Crippen LogP contribution in [0.2, 0.25) is 0 Å². The summed E-state index contributed by atoms with van der Waals surface area (Å²) < 4.78 is 5.69. The molecule has 6 nitrogen and oxygen atoms in total. The summed E-state index contributed by atoms with van der Waals surface area (Å²) in [6, 6.07) is 0. The van der Waals surface area contributed by atoms with Gasteiger partial charge in [-0.25, -0.2) is 9.97 Å². The van der Waals surface area contributed by atoms with E-state index < -0.39 is 0 Å². The zero-order chi connectivity index (χ0) is 14.7. The first-order chi connectivity index (χ1) is 9.58. The van der Waals surface area contributed by atoms with E-state index in [1.165, 1.54) is 0 Å². The topological polar surface area (TPSA) is 70.5 Å². The van der Waals surface area contributed by atoms with E-state index in [0.29, 0.717) is 6.54 Å². The van der Waals surface area contributed by atoms with Gasteiger partial charge in [-0.15, -0.1) is 0 Å². The van der Waals surface area contributed by atoms with Crippen LogP contribution < -0.4 is 10.2 Å². The zero-order valence-electron chi connectivity index (χ0n) is 12.7. The molecule has 20 heavy (non-hydrogen) atoms. The van der Waals surface area contributed by atoms with E-state index in [-0.39, 0.29) is 18.8 Å². The monoisotopic (exact) mass is 280 g/mol. The van der Waals surface area contributed by atoms with Crippen molar-refractivity contribution in [2.45, 2.75) is 39.4 Å². The minimum absolute atomic E-state index is 0.0322. The van der Waals surface area contributed by atoms with Crippen molar-refractivity contribution >= 4 is 11.6 Å². The van der Waals surface area contributed by atoms with Crippen molar-refractivity contribution in [2.24, 2.45) is 0 Å². The van der Waals surface area contributed by atoms with Gasteiger partial charge < -0.3 is 20.1 Å². The molecule has 1 aliphatic rings. The number of aryl methyl sites for hydroxylation is 1. The molecule has 0 bridgehead atoms. The molecule has 2 N–H and O–H groups in total. The van der Waals surface area contributed by atoms with Crippen LogP contribution in [-0.4, -0.2) is 54.0 Å². The molecule has 0 spiro atoms. The van der Waals surface area contributed by atoms with Crippen molar-refractivity contribution in [1.29, 1.82) is 0 Å². The van der Waals surface area contributed by atoms with E-state index in [4.69, 9.17) is 4.74 Å². The fourth-order valence-electron chi connectivity index (χ4n) is 2.58. The lowest BCUT2D eigenvalue weighted by Crippen LogP contribution is -2.48. The number of ether oxygens (including phenoxy) is 1. The predicted molar refractivity (Wildman–Crippen MR) is 79.3 cm³/mol. The summed E-state index contributed by atoms with van der Waals surface area (Å²) in [4.78, 5) is 11.3. The minimum Gasteiger partial charge on any atom is -0.394 e. The first kappa shape index (κ1) is 15.0. The molecule has 0 aromatic carbocycles. The van der Waals surface area contributed by atoms with Gasteiger partial charge >= 0.3 is 0 Å². The Hall–Kier alpha value is -1.40. The number of hydrogen-bond donors (Lipinski definition) is 2. The number of morpholine rings is 1. The van der Waals surface area contributed by atoms with Crippen LogP contribution in [0.4, 0.5) is 11.6 Å². The normalized spacial score (nSPS) is 22.9. The molecule has 1 aliphatic heterocycles. The molecular weight excluding hydrogens is 256 g/mol. The minimum atomic E-state index is -0.156. The van der Waals surface area contributed by atoms with Crippen molar-refractivity contribution < 1.29 is 9.84 Å². The molecule has 1 aromatic rings. The summed E-state index contributed by atoms with van der Waals surface area (Å²) in [5.41, 5.74) is 1.04.